The van der Waals surface area contributed by atoms with Crippen molar-refractivity contribution in [3.63, 3.8) is 0 Å². The van der Waals surface area contributed by atoms with Gasteiger partial charge in [0.05, 0.1) is 7.11 Å². The van der Waals surface area contributed by atoms with Crippen LogP contribution in [0.2, 0.25) is 0 Å². The van der Waals surface area contributed by atoms with Crippen LogP contribution in [0, 0.1) is 0 Å². The summed E-state index contributed by atoms with van der Waals surface area (Å²) in [7, 11) is 1.59. The Morgan fingerprint density at radius 1 is 1.14 bits per heavy atom. The van der Waals surface area contributed by atoms with Gasteiger partial charge in [-0.25, -0.2) is 0 Å². The van der Waals surface area contributed by atoms with Crippen molar-refractivity contribution >= 4 is 22.5 Å². The average molecular weight is 390 g/mol. The number of fused-ring (bicyclic) bond motifs is 1. The standard InChI is InChI=1S/C22H22N4O3/c1-14(2)21-24-25-22(29-21)19-11-15-7-4-5-10-18(15)26(19)13-20(27)23-16-8-6-9-17(12-16)28-3/h4-12,14H,13H2,1-3H3,(H,23,27). The molecule has 0 saturated carbocycles. The van der Waals surface area contributed by atoms with E-state index in [1.165, 1.54) is 0 Å². The molecule has 0 saturated heterocycles. The van der Waals surface area contributed by atoms with E-state index in [1.54, 1.807) is 13.2 Å². The highest BCUT2D eigenvalue weighted by atomic mass is 16.5. The second-order valence-electron chi connectivity index (χ2n) is 7.05. The fourth-order valence-electron chi connectivity index (χ4n) is 3.17. The fourth-order valence-corrected chi connectivity index (χ4v) is 3.17. The van der Waals surface area contributed by atoms with E-state index in [0.29, 0.717) is 28.9 Å². The van der Waals surface area contributed by atoms with E-state index < -0.39 is 0 Å². The molecular formula is C22H22N4O3. The molecular weight excluding hydrogens is 368 g/mol. The van der Waals surface area contributed by atoms with Crippen molar-refractivity contribution in [1.82, 2.24) is 14.8 Å². The molecule has 2 aromatic heterocycles. The Hall–Kier alpha value is -3.61. The maximum absolute atomic E-state index is 12.8. The third-order valence-corrected chi connectivity index (χ3v) is 4.62. The van der Waals surface area contributed by atoms with E-state index in [2.05, 4.69) is 15.5 Å². The van der Waals surface area contributed by atoms with Gasteiger partial charge in [0.15, 0.2) is 0 Å². The second-order valence-corrected chi connectivity index (χ2v) is 7.05. The number of carbonyl (C=O) groups excluding carboxylic acids is 1. The molecule has 0 unspecified atom stereocenters. The van der Waals surface area contributed by atoms with E-state index in [-0.39, 0.29) is 18.4 Å². The Morgan fingerprint density at radius 2 is 1.97 bits per heavy atom. The minimum Gasteiger partial charge on any atom is -0.497 e. The molecule has 0 radical (unpaired) electrons. The van der Waals surface area contributed by atoms with Crippen molar-refractivity contribution in [1.29, 1.82) is 0 Å². The number of aromatic nitrogens is 3. The van der Waals surface area contributed by atoms with Crippen LogP contribution in [0.15, 0.2) is 59.0 Å². The molecule has 0 spiro atoms. The molecule has 4 aromatic rings. The Bertz CT molecular complexity index is 1160. The van der Waals surface area contributed by atoms with Crippen LogP contribution in [-0.2, 0) is 11.3 Å². The van der Waals surface area contributed by atoms with Gasteiger partial charge in [0.1, 0.15) is 18.0 Å². The molecule has 1 N–H and O–H groups in total. The molecule has 2 heterocycles. The first-order chi connectivity index (χ1) is 14.0. The molecule has 148 valence electrons. The van der Waals surface area contributed by atoms with Crippen LogP contribution in [-0.4, -0.2) is 27.8 Å². The Kier molecular flexibility index (Phi) is 5.03. The largest absolute Gasteiger partial charge is 0.497 e. The number of rotatable bonds is 6. The Morgan fingerprint density at radius 3 is 2.72 bits per heavy atom. The van der Waals surface area contributed by atoms with E-state index in [4.69, 9.17) is 9.15 Å². The van der Waals surface area contributed by atoms with Gasteiger partial charge in [0.25, 0.3) is 5.89 Å². The average Bonchev–Trinajstić information content (AvgIpc) is 3.34. The molecule has 0 aliphatic heterocycles. The van der Waals surface area contributed by atoms with Crippen LogP contribution in [0.25, 0.3) is 22.5 Å². The van der Waals surface area contributed by atoms with Crippen molar-refractivity contribution in [2.75, 3.05) is 12.4 Å². The first-order valence-electron chi connectivity index (χ1n) is 9.41. The number of methoxy groups -OCH3 is 1. The van der Waals surface area contributed by atoms with Crippen molar-refractivity contribution in [3.8, 4) is 17.3 Å². The molecule has 0 atom stereocenters. The highest BCUT2D eigenvalue weighted by molar-refractivity contribution is 5.93. The molecule has 7 heteroatoms. The normalized spacial score (nSPS) is 11.2. The lowest BCUT2D eigenvalue weighted by molar-refractivity contribution is -0.116. The summed E-state index contributed by atoms with van der Waals surface area (Å²) in [4.78, 5) is 12.8. The van der Waals surface area contributed by atoms with Gasteiger partial charge in [-0.05, 0) is 24.3 Å². The molecule has 2 aromatic carbocycles. The number of carbonyl (C=O) groups is 1. The highest BCUT2D eigenvalue weighted by Crippen LogP contribution is 2.29. The molecule has 0 aliphatic rings. The quantitative estimate of drug-likeness (QED) is 0.525. The third kappa shape index (κ3) is 3.85. The smallest absolute Gasteiger partial charge is 0.264 e. The minimum atomic E-state index is -0.163. The number of amides is 1. The maximum atomic E-state index is 12.8. The predicted molar refractivity (Wildman–Crippen MR) is 111 cm³/mol. The van der Waals surface area contributed by atoms with Crippen LogP contribution >= 0.6 is 0 Å². The summed E-state index contributed by atoms with van der Waals surface area (Å²) in [5.41, 5.74) is 2.31. The first kappa shape index (κ1) is 18.7. The number of nitrogens with zero attached hydrogens (tertiary/aromatic N) is 3. The SMILES string of the molecule is COc1cccc(NC(=O)Cn2c(-c3nnc(C(C)C)o3)cc3ccccc32)c1. The Balaban J connectivity index is 1.67. The van der Waals surface area contributed by atoms with E-state index in [1.807, 2.05) is 66.9 Å². The summed E-state index contributed by atoms with van der Waals surface area (Å²) in [6, 6.07) is 17.1. The predicted octanol–water partition coefficient (Wildman–Crippen LogP) is 4.46. The number of anilines is 1. The zero-order chi connectivity index (χ0) is 20.4. The zero-order valence-electron chi connectivity index (χ0n) is 16.5. The number of hydrogen-bond donors (Lipinski definition) is 1. The lowest BCUT2D eigenvalue weighted by atomic mass is 10.2. The van der Waals surface area contributed by atoms with Crippen molar-refractivity contribution < 1.29 is 13.9 Å². The van der Waals surface area contributed by atoms with E-state index in [0.717, 1.165) is 10.9 Å². The molecule has 0 fully saturated rings. The van der Waals surface area contributed by atoms with Crippen LogP contribution in [0.3, 0.4) is 0 Å². The first-order valence-corrected chi connectivity index (χ1v) is 9.41. The minimum absolute atomic E-state index is 0.111. The van der Waals surface area contributed by atoms with Crippen LogP contribution in [0.1, 0.15) is 25.7 Å². The number of para-hydroxylation sites is 1. The zero-order valence-corrected chi connectivity index (χ0v) is 16.5. The molecule has 4 rings (SSSR count). The molecule has 29 heavy (non-hydrogen) atoms. The number of hydrogen-bond acceptors (Lipinski definition) is 5. The number of nitrogens with one attached hydrogen (secondary N) is 1. The molecule has 7 nitrogen and oxygen atoms in total. The number of benzene rings is 2. The van der Waals surface area contributed by atoms with Gasteiger partial charge in [-0.1, -0.05) is 38.1 Å². The summed E-state index contributed by atoms with van der Waals surface area (Å²) < 4.78 is 12.9. The van der Waals surface area contributed by atoms with Gasteiger partial charge < -0.3 is 19.0 Å². The van der Waals surface area contributed by atoms with Gasteiger partial charge in [-0.15, -0.1) is 10.2 Å². The van der Waals surface area contributed by atoms with Crippen molar-refractivity contribution in [2.24, 2.45) is 0 Å². The molecule has 1 amide bonds. The third-order valence-electron chi connectivity index (χ3n) is 4.62. The summed E-state index contributed by atoms with van der Waals surface area (Å²) in [5, 5.41) is 12.2. The van der Waals surface area contributed by atoms with E-state index in [9.17, 15) is 4.79 Å². The van der Waals surface area contributed by atoms with Crippen molar-refractivity contribution in [2.45, 2.75) is 26.3 Å². The summed E-state index contributed by atoms with van der Waals surface area (Å²) >= 11 is 0. The summed E-state index contributed by atoms with van der Waals surface area (Å²) in [6.07, 6.45) is 0. The van der Waals surface area contributed by atoms with Gasteiger partial charge in [0, 0.05) is 28.6 Å². The van der Waals surface area contributed by atoms with E-state index >= 15 is 0 Å². The monoisotopic (exact) mass is 390 g/mol. The topological polar surface area (TPSA) is 82.2 Å². The lowest BCUT2D eigenvalue weighted by Crippen LogP contribution is -2.19. The molecule has 0 bridgehead atoms. The van der Waals surface area contributed by atoms with Crippen LogP contribution in [0.5, 0.6) is 5.75 Å². The number of ether oxygens (including phenoxy) is 1. The molecule has 0 aliphatic carbocycles. The van der Waals surface area contributed by atoms with Crippen molar-refractivity contribution in [3.05, 3.63) is 60.5 Å². The maximum Gasteiger partial charge on any atom is 0.264 e. The van der Waals surface area contributed by atoms with Crippen LogP contribution in [0.4, 0.5) is 5.69 Å². The van der Waals surface area contributed by atoms with Gasteiger partial charge in [0.2, 0.25) is 11.8 Å². The van der Waals surface area contributed by atoms with Crippen LogP contribution < -0.4 is 10.1 Å². The van der Waals surface area contributed by atoms with Gasteiger partial charge >= 0.3 is 0 Å². The van der Waals surface area contributed by atoms with Gasteiger partial charge in [-0.2, -0.15) is 0 Å². The summed E-state index contributed by atoms with van der Waals surface area (Å²) in [6.45, 7) is 4.10. The lowest BCUT2D eigenvalue weighted by Gasteiger charge is -2.10. The fraction of sp³-hybridized carbons (Fsp3) is 0.227. The highest BCUT2D eigenvalue weighted by Gasteiger charge is 2.19. The van der Waals surface area contributed by atoms with Gasteiger partial charge in [-0.3, -0.25) is 4.79 Å². The summed E-state index contributed by atoms with van der Waals surface area (Å²) in [5.74, 6) is 1.62. The second kappa shape index (κ2) is 7.79. The Labute approximate surface area is 168 Å².